The van der Waals surface area contributed by atoms with Gasteiger partial charge in [0.05, 0.1) is 6.26 Å². The summed E-state index contributed by atoms with van der Waals surface area (Å²) in [6, 6.07) is 9.60. The molecule has 1 aromatic carbocycles. The van der Waals surface area contributed by atoms with Crippen LogP contribution in [0.2, 0.25) is 0 Å². The lowest BCUT2D eigenvalue weighted by molar-refractivity contribution is 0.327. The molecule has 4 heteroatoms. The lowest BCUT2D eigenvalue weighted by atomic mass is 10.2. The van der Waals surface area contributed by atoms with Gasteiger partial charge >= 0.3 is 8.25 Å². The Morgan fingerprint density at radius 3 is 2.62 bits per heavy atom. The van der Waals surface area contributed by atoms with Gasteiger partial charge in [-0.05, 0) is 11.6 Å². The third-order valence-electron chi connectivity index (χ3n) is 1.39. The average Bonchev–Trinajstić information content (AvgIpc) is 2.19. The molecule has 0 aliphatic rings. The van der Waals surface area contributed by atoms with Gasteiger partial charge in [0.15, 0.2) is 0 Å². The first kappa shape index (κ1) is 10.0. The standard InChI is InChI=1S/C9H11O3P/c1-11-13(10)12-8-7-9-5-3-2-4-6-9/h2-8,13H,1H3. The van der Waals surface area contributed by atoms with Crippen molar-refractivity contribution >= 4 is 14.3 Å². The highest BCUT2D eigenvalue weighted by atomic mass is 31.1. The van der Waals surface area contributed by atoms with Crippen molar-refractivity contribution in [3.8, 4) is 0 Å². The molecule has 0 N–H and O–H groups in total. The van der Waals surface area contributed by atoms with E-state index < -0.39 is 8.25 Å². The van der Waals surface area contributed by atoms with E-state index in [9.17, 15) is 4.57 Å². The van der Waals surface area contributed by atoms with Gasteiger partial charge in [-0.25, -0.2) is 4.57 Å². The first-order chi connectivity index (χ1) is 6.33. The van der Waals surface area contributed by atoms with Crippen LogP contribution < -0.4 is 0 Å². The zero-order valence-electron chi connectivity index (χ0n) is 7.27. The van der Waals surface area contributed by atoms with Gasteiger partial charge in [0.25, 0.3) is 0 Å². The first-order valence-corrected chi connectivity index (χ1v) is 5.01. The summed E-state index contributed by atoms with van der Waals surface area (Å²) in [5, 5.41) is 0. The Bertz CT molecular complexity index is 295. The highest BCUT2D eigenvalue weighted by molar-refractivity contribution is 7.33. The minimum Gasteiger partial charge on any atom is -0.434 e. The molecule has 13 heavy (non-hydrogen) atoms. The first-order valence-electron chi connectivity index (χ1n) is 3.79. The van der Waals surface area contributed by atoms with Crippen molar-refractivity contribution in [3.05, 3.63) is 42.2 Å². The van der Waals surface area contributed by atoms with E-state index in [1.165, 1.54) is 13.4 Å². The second kappa shape index (κ2) is 5.57. The van der Waals surface area contributed by atoms with E-state index in [1.807, 2.05) is 30.3 Å². The second-order valence-electron chi connectivity index (χ2n) is 2.29. The molecule has 0 saturated heterocycles. The van der Waals surface area contributed by atoms with Gasteiger partial charge in [-0.2, -0.15) is 0 Å². The summed E-state index contributed by atoms with van der Waals surface area (Å²) in [7, 11) is -0.990. The molecule has 1 aromatic rings. The quantitative estimate of drug-likeness (QED) is 0.551. The molecule has 0 fully saturated rings. The van der Waals surface area contributed by atoms with Gasteiger partial charge < -0.3 is 9.05 Å². The number of benzene rings is 1. The van der Waals surface area contributed by atoms with Gasteiger partial charge in [0, 0.05) is 7.11 Å². The SMILES string of the molecule is CO[PH](=O)OC=Cc1ccccc1. The summed E-state index contributed by atoms with van der Waals surface area (Å²) in [5.74, 6) is 0. The van der Waals surface area contributed by atoms with E-state index in [1.54, 1.807) is 6.08 Å². The van der Waals surface area contributed by atoms with Crippen LogP contribution in [0.4, 0.5) is 0 Å². The van der Waals surface area contributed by atoms with Crippen LogP contribution in [0.1, 0.15) is 5.56 Å². The normalized spacial score (nSPS) is 13.0. The van der Waals surface area contributed by atoms with Crippen LogP contribution in [0, 0.1) is 0 Å². The molecule has 0 radical (unpaired) electrons. The molecule has 0 amide bonds. The van der Waals surface area contributed by atoms with E-state index in [4.69, 9.17) is 4.52 Å². The smallest absolute Gasteiger partial charge is 0.366 e. The third-order valence-corrected chi connectivity index (χ3v) is 2.05. The van der Waals surface area contributed by atoms with Crippen molar-refractivity contribution in [1.82, 2.24) is 0 Å². The molecule has 3 nitrogen and oxygen atoms in total. The van der Waals surface area contributed by atoms with E-state index in [0.717, 1.165) is 5.56 Å². The maximum Gasteiger partial charge on any atom is 0.366 e. The summed E-state index contributed by atoms with van der Waals surface area (Å²) < 4.78 is 19.9. The van der Waals surface area contributed by atoms with Gasteiger partial charge in [0.2, 0.25) is 0 Å². The van der Waals surface area contributed by atoms with Crippen molar-refractivity contribution < 1.29 is 13.6 Å². The molecule has 1 unspecified atom stereocenters. The van der Waals surface area contributed by atoms with Crippen LogP contribution in [-0.2, 0) is 13.6 Å². The number of hydrogen-bond acceptors (Lipinski definition) is 3. The van der Waals surface area contributed by atoms with Gasteiger partial charge in [0.1, 0.15) is 0 Å². The highest BCUT2D eigenvalue weighted by Crippen LogP contribution is 2.22. The molecule has 0 spiro atoms. The molecular formula is C9H11O3P. The summed E-state index contributed by atoms with van der Waals surface area (Å²) in [5.41, 5.74) is 0.994. The molecule has 0 aromatic heterocycles. The van der Waals surface area contributed by atoms with Crippen molar-refractivity contribution in [2.24, 2.45) is 0 Å². The molecule has 0 bridgehead atoms. The molecule has 70 valence electrons. The van der Waals surface area contributed by atoms with Gasteiger partial charge in [-0.1, -0.05) is 30.3 Å². The van der Waals surface area contributed by atoms with Crippen molar-refractivity contribution in [1.29, 1.82) is 0 Å². The largest absolute Gasteiger partial charge is 0.434 e. The minimum absolute atomic E-state index is 0.994. The van der Waals surface area contributed by atoms with E-state index in [-0.39, 0.29) is 0 Å². The van der Waals surface area contributed by atoms with E-state index in [0.29, 0.717) is 0 Å². The zero-order valence-corrected chi connectivity index (χ0v) is 8.27. The fraction of sp³-hybridized carbons (Fsp3) is 0.111. The fourth-order valence-corrected chi connectivity index (χ4v) is 1.06. The summed E-state index contributed by atoms with van der Waals surface area (Å²) in [4.78, 5) is 0. The van der Waals surface area contributed by atoms with Crippen LogP contribution in [-0.4, -0.2) is 7.11 Å². The lowest BCUT2D eigenvalue weighted by Crippen LogP contribution is -1.71. The van der Waals surface area contributed by atoms with Crippen LogP contribution in [0.15, 0.2) is 36.6 Å². The highest BCUT2D eigenvalue weighted by Gasteiger charge is 1.89. The molecular weight excluding hydrogens is 187 g/mol. The molecule has 0 aliphatic heterocycles. The Balaban J connectivity index is 2.45. The van der Waals surface area contributed by atoms with Gasteiger partial charge in [-0.3, -0.25) is 0 Å². The predicted octanol–water partition coefficient (Wildman–Crippen LogP) is 2.71. The molecule has 0 saturated carbocycles. The van der Waals surface area contributed by atoms with Crippen molar-refractivity contribution in [2.75, 3.05) is 7.11 Å². The Morgan fingerprint density at radius 2 is 2.00 bits per heavy atom. The summed E-state index contributed by atoms with van der Waals surface area (Å²) in [6.07, 6.45) is 3.10. The molecule has 0 heterocycles. The Labute approximate surface area is 77.9 Å². The zero-order chi connectivity index (χ0) is 9.52. The van der Waals surface area contributed by atoms with E-state index >= 15 is 0 Å². The minimum atomic E-state index is -2.34. The van der Waals surface area contributed by atoms with Crippen molar-refractivity contribution in [3.63, 3.8) is 0 Å². The monoisotopic (exact) mass is 198 g/mol. The Morgan fingerprint density at radius 1 is 1.31 bits per heavy atom. The predicted molar refractivity (Wildman–Crippen MR) is 52.6 cm³/mol. The Hall–Kier alpha value is -1.05. The lowest BCUT2D eigenvalue weighted by Gasteiger charge is -1.96. The van der Waals surface area contributed by atoms with Crippen LogP contribution in [0.25, 0.3) is 6.08 Å². The average molecular weight is 198 g/mol. The summed E-state index contributed by atoms with van der Waals surface area (Å²) >= 11 is 0. The number of rotatable bonds is 4. The summed E-state index contributed by atoms with van der Waals surface area (Å²) in [6.45, 7) is 0. The van der Waals surface area contributed by atoms with E-state index in [2.05, 4.69) is 4.52 Å². The maximum atomic E-state index is 10.7. The molecule has 1 atom stereocenters. The second-order valence-corrected chi connectivity index (χ2v) is 3.43. The van der Waals surface area contributed by atoms with Crippen molar-refractivity contribution in [2.45, 2.75) is 0 Å². The topological polar surface area (TPSA) is 35.5 Å². The molecule has 1 rings (SSSR count). The van der Waals surface area contributed by atoms with Gasteiger partial charge in [-0.15, -0.1) is 0 Å². The fourth-order valence-electron chi connectivity index (χ4n) is 0.780. The Kier molecular flexibility index (Phi) is 4.30. The van der Waals surface area contributed by atoms with Crippen LogP contribution in [0.5, 0.6) is 0 Å². The van der Waals surface area contributed by atoms with Crippen LogP contribution >= 0.6 is 8.25 Å². The molecule has 0 aliphatic carbocycles. The third kappa shape index (κ3) is 3.92. The maximum absolute atomic E-state index is 10.7. The number of hydrogen-bond donors (Lipinski definition) is 0. The van der Waals surface area contributed by atoms with Crippen LogP contribution in [0.3, 0.4) is 0 Å².